The Morgan fingerprint density at radius 1 is 0.417 bits per heavy atom. The molecule has 0 atom stereocenters. The second-order valence-electron chi connectivity index (χ2n) is 5.12. The molecule has 0 saturated carbocycles. The van der Waals surface area contributed by atoms with E-state index in [0.717, 1.165) is 0 Å². The van der Waals surface area contributed by atoms with Gasteiger partial charge in [-0.2, -0.15) is 35.1 Å². The third kappa shape index (κ3) is 1.89. The zero-order valence-electron chi connectivity index (χ0n) is 11.3. The molecular formula is C16H4F8. The van der Waals surface area contributed by atoms with Gasteiger partial charge in [0.25, 0.3) is 0 Å². The molecule has 124 valence electrons. The highest BCUT2D eigenvalue weighted by molar-refractivity contribution is 5.34. The highest BCUT2D eigenvalue weighted by Crippen LogP contribution is 2.52. The van der Waals surface area contributed by atoms with E-state index in [1.165, 1.54) is 24.3 Å². The van der Waals surface area contributed by atoms with E-state index in [4.69, 9.17) is 0 Å². The van der Waals surface area contributed by atoms with Crippen molar-refractivity contribution in [3.8, 4) is 0 Å². The van der Waals surface area contributed by atoms with Gasteiger partial charge in [0.05, 0.1) is 22.3 Å². The van der Waals surface area contributed by atoms with E-state index in [9.17, 15) is 35.1 Å². The maximum atomic E-state index is 14.0. The topological polar surface area (TPSA) is 0 Å². The standard InChI is InChI=1S/C16H4F8/c17-13(18)9-1-2-10(4-3-9)14(19,20)16(23,24)12-7-5-11(6-8-12)15(13,21)22/h1-2,5,7H. The predicted octanol–water partition coefficient (Wildman–Crippen LogP) is 4.97. The van der Waals surface area contributed by atoms with E-state index in [1.54, 1.807) is 0 Å². The van der Waals surface area contributed by atoms with Crippen LogP contribution in [0, 0.1) is 24.3 Å². The van der Waals surface area contributed by atoms with Gasteiger partial charge in [0, 0.05) is 0 Å². The van der Waals surface area contributed by atoms with Gasteiger partial charge in [-0.05, 0) is 24.3 Å². The first-order valence-corrected chi connectivity index (χ1v) is 6.33. The Labute approximate surface area is 130 Å². The van der Waals surface area contributed by atoms with Gasteiger partial charge < -0.3 is 0 Å². The predicted molar refractivity (Wildman–Crippen MR) is 63.8 cm³/mol. The largest absolute Gasteiger partial charge is 0.347 e. The van der Waals surface area contributed by atoms with Crippen LogP contribution in [-0.4, -0.2) is 0 Å². The molecule has 0 aliphatic heterocycles. The first-order chi connectivity index (χ1) is 10.9. The Morgan fingerprint density at radius 2 is 0.583 bits per heavy atom. The molecule has 0 aromatic heterocycles. The molecular weight excluding hydrogens is 344 g/mol. The summed E-state index contributed by atoms with van der Waals surface area (Å²) in [4.78, 5) is 0. The van der Waals surface area contributed by atoms with Crippen LogP contribution in [-0.2, 0) is 23.7 Å². The Balaban J connectivity index is 2.36. The van der Waals surface area contributed by atoms with Crippen molar-refractivity contribution < 1.29 is 35.1 Å². The number of hydrogen-bond donors (Lipinski definition) is 0. The molecule has 4 aliphatic rings. The number of halogens is 8. The van der Waals surface area contributed by atoms with Crippen LogP contribution in [0.2, 0.25) is 0 Å². The Bertz CT molecular complexity index is 626. The molecule has 2 aromatic rings. The lowest BCUT2D eigenvalue weighted by Crippen LogP contribution is -2.38. The molecule has 6 rings (SSSR count). The van der Waals surface area contributed by atoms with Crippen molar-refractivity contribution in [1.82, 2.24) is 0 Å². The molecule has 4 aliphatic carbocycles. The van der Waals surface area contributed by atoms with Gasteiger partial charge in [-0.25, -0.2) is 0 Å². The van der Waals surface area contributed by atoms with Gasteiger partial charge in [-0.1, -0.05) is 24.3 Å². The fourth-order valence-corrected chi connectivity index (χ4v) is 2.18. The quantitative estimate of drug-likeness (QED) is 0.590. The average molecular weight is 348 g/mol. The molecule has 0 fully saturated rings. The van der Waals surface area contributed by atoms with Crippen LogP contribution in [0.25, 0.3) is 0 Å². The summed E-state index contributed by atoms with van der Waals surface area (Å²) >= 11 is 0. The van der Waals surface area contributed by atoms with E-state index < -0.39 is 45.9 Å². The van der Waals surface area contributed by atoms with Crippen LogP contribution in [0.15, 0.2) is 24.3 Å². The zero-order valence-corrected chi connectivity index (χ0v) is 11.3. The van der Waals surface area contributed by atoms with Crippen LogP contribution < -0.4 is 0 Å². The summed E-state index contributed by atoms with van der Waals surface area (Å²) in [6.07, 6.45) is 0. The molecule has 0 saturated heterocycles. The lowest BCUT2D eigenvalue weighted by Gasteiger charge is -2.28. The van der Waals surface area contributed by atoms with E-state index in [1.807, 2.05) is 0 Å². The first-order valence-electron chi connectivity index (χ1n) is 6.33. The summed E-state index contributed by atoms with van der Waals surface area (Å²) in [5.41, 5.74) is -5.86. The number of rotatable bonds is 0. The van der Waals surface area contributed by atoms with Gasteiger partial charge in [0.1, 0.15) is 0 Å². The average Bonchev–Trinajstić information content (AvgIpc) is 2.54. The molecule has 0 N–H and O–H groups in total. The normalized spacial score (nSPS) is 22.0. The maximum absolute atomic E-state index is 14.0. The molecule has 0 unspecified atom stereocenters. The van der Waals surface area contributed by atoms with E-state index in [-0.39, 0.29) is 24.3 Å². The third-order valence-corrected chi connectivity index (χ3v) is 3.64. The Hall–Kier alpha value is -2.48. The van der Waals surface area contributed by atoms with E-state index in [0.29, 0.717) is 0 Å². The lowest BCUT2D eigenvalue weighted by molar-refractivity contribution is -0.227. The molecule has 2 aromatic carbocycles. The minimum absolute atomic E-state index is 0.196. The Kier molecular flexibility index (Phi) is 3.10. The summed E-state index contributed by atoms with van der Waals surface area (Å²) in [7, 11) is 0. The van der Waals surface area contributed by atoms with Crippen molar-refractivity contribution in [1.29, 1.82) is 0 Å². The summed E-state index contributed by atoms with van der Waals surface area (Å²) in [5.74, 6) is -19.4. The van der Waals surface area contributed by atoms with Crippen molar-refractivity contribution in [2.45, 2.75) is 23.7 Å². The highest BCUT2D eigenvalue weighted by atomic mass is 19.3. The van der Waals surface area contributed by atoms with Gasteiger partial charge in [0.2, 0.25) is 0 Å². The number of alkyl halides is 8. The first kappa shape index (κ1) is 16.4. The van der Waals surface area contributed by atoms with Crippen LogP contribution in [0.4, 0.5) is 35.1 Å². The van der Waals surface area contributed by atoms with Crippen molar-refractivity contribution in [3.63, 3.8) is 0 Å². The summed E-state index contributed by atoms with van der Waals surface area (Å²) in [5, 5.41) is 0. The fourth-order valence-electron chi connectivity index (χ4n) is 2.18. The Morgan fingerprint density at radius 3 is 0.708 bits per heavy atom. The minimum atomic E-state index is -4.84. The second kappa shape index (κ2) is 4.54. The van der Waals surface area contributed by atoms with Crippen molar-refractivity contribution in [3.05, 3.63) is 70.8 Å². The maximum Gasteiger partial charge on any atom is 0.347 e. The van der Waals surface area contributed by atoms with Gasteiger partial charge in [-0.15, -0.1) is 0 Å². The summed E-state index contributed by atoms with van der Waals surface area (Å²) in [6.45, 7) is 0. The van der Waals surface area contributed by atoms with Gasteiger partial charge in [0.15, 0.2) is 0 Å². The third-order valence-electron chi connectivity index (χ3n) is 3.64. The van der Waals surface area contributed by atoms with Gasteiger partial charge in [-0.3, -0.25) is 0 Å². The van der Waals surface area contributed by atoms with Crippen molar-refractivity contribution in [2.75, 3.05) is 0 Å². The lowest BCUT2D eigenvalue weighted by atomic mass is 9.91. The van der Waals surface area contributed by atoms with Crippen LogP contribution >= 0.6 is 0 Å². The molecule has 8 heteroatoms. The molecule has 0 nitrogen and oxygen atoms in total. The molecule has 4 bridgehead atoms. The molecule has 0 radical (unpaired) electrons. The van der Waals surface area contributed by atoms with E-state index >= 15 is 0 Å². The van der Waals surface area contributed by atoms with Crippen molar-refractivity contribution in [2.24, 2.45) is 0 Å². The van der Waals surface area contributed by atoms with Crippen LogP contribution in [0.5, 0.6) is 0 Å². The van der Waals surface area contributed by atoms with Crippen LogP contribution in [0.1, 0.15) is 22.3 Å². The SMILES string of the molecule is FC1(F)c2c#cc(cc2)C(F)(F)C(F)(F)c2c#cc(cc2)C1(F)F. The molecule has 0 amide bonds. The molecule has 24 heavy (non-hydrogen) atoms. The molecule has 0 heterocycles. The second-order valence-corrected chi connectivity index (χ2v) is 5.12. The zero-order chi connectivity index (χ0) is 18.0. The van der Waals surface area contributed by atoms with Gasteiger partial charge >= 0.3 is 23.7 Å². The minimum Gasteiger partial charge on any atom is -0.193 e. The summed E-state index contributed by atoms with van der Waals surface area (Å²) in [6, 6.07) is 6.54. The molecule has 0 spiro atoms. The van der Waals surface area contributed by atoms with E-state index in [2.05, 4.69) is 0 Å². The van der Waals surface area contributed by atoms with Crippen molar-refractivity contribution >= 4 is 0 Å². The smallest absolute Gasteiger partial charge is 0.193 e. The number of hydrogen-bond acceptors (Lipinski definition) is 0. The summed E-state index contributed by atoms with van der Waals surface area (Å²) < 4.78 is 112. The highest BCUT2D eigenvalue weighted by Gasteiger charge is 2.62. The fraction of sp³-hybridized carbons (Fsp3) is 0.250. The van der Waals surface area contributed by atoms with Crippen LogP contribution in [0.3, 0.4) is 0 Å². The monoisotopic (exact) mass is 348 g/mol.